The van der Waals surface area contributed by atoms with Crippen LogP contribution >= 0.6 is 0 Å². The lowest BCUT2D eigenvalue weighted by Crippen LogP contribution is -2.65. The van der Waals surface area contributed by atoms with E-state index in [4.69, 9.17) is 29.2 Å². The molecule has 4 saturated heterocycles. The Balaban J connectivity index is 1.15. The van der Waals surface area contributed by atoms with Crippen molar-refractivity contribution >= 4 is 41.7 Å². The molecular weight excluding hydrogens is 839 g/mol. The van der Waals surface area contributed by atoms with Crippen molar-refractivity contribution < 1.29 is 27.8 Å². The molecule has 2 aromatic heterocycles. The monoisotopic (exact) mass is 902 g/mol. The number of anilines is 1. The summed E-state index contributed by atoms with van der Waals surface area (Å²) >= 11 is 0. The van der Waals surface area contributed by atoms with Crippen molar-refractivity contribution in [2.24, 2.45) is 0 Å². The van der Waals surface area contributed by atoms with E-state index >= 15 is 8.78 Å². The standard InChI is InChI=1S/C52H64F2N6O4Si/c1-29(2)65(30(3)4,31(5)6)24-19-36-38(53)17-15-34-13-12-14-37(40(34)36)43-42(54)44-41-46(57-48(56-44)62-28-52-23-22-51(20-21-51)59(52)26-32(7)25-52)58-27-35-16-18-39(45(58)33(8)63-47(41)55-43)60(35)49(61)64-50(9,10)11/h12-15,17,29-31,33,35,39,45H,7,16,18,20-23,25-28H2,1-6,8-11H3/t33-,35+,39-,45+,52?/m0/s1. The van der Waals surface area contributed by atoms with E-state index in [1.807, 2.05) is 44.7 Å². The first-order valence-corrected chi connectivity index (χ1v) is 26.2. The minimum absolute atomic E-state index is 0.0157. The number of halogens is 2. The molecule has 1 saturated carbocycles. The number of nitrogens with zero attached hydrogens (tertiary/aromatic N) is 6. The Labute approximate surface area is 383 Å². The second kappa shape index (κ2) is 15.4. The molecule has 10 rings (SSSR count). The lowest BCUT2D eigenvalue weighted by atomic mass is 9.94. The Morgan fingerprint density at radius 3 is 2.40 bits per heavy atom. The Bertz CT molecular complexity index is 2680. The third-order valence-electron chi connectivity index (χ3n) is 16.1. The first kappa shape index (κ1) is 44.1. The van der Waals surface area contributed by atoms with E-state index in [1.165, 1.54) is 24.5 Å². The highest BCUT2D eigenvalue weighted by Gasteiger charge is 2.63. The van der Waals surface area contributed by atoms with E-state index in [0.717, 1.165) is 44.0 Å². The van der Waals surface area contributed by atoms with E-state index in [9.17, 15) is 4.79 Å². The Morgan fingerprint density at radius 1 is 0.985 bits per heavy atom. The van der Waals surface area contributed by atoms with Crippen LogP contribution in [0.25, 0.3) is 32.9 Å². The largest absolute Gasteiger partial charge is 0.472 e. The van der Waals surface area contributed by atoms with Crippen molar-refractivity contribution in [2.45, 2.75) is 172 Å². The Morgan fingerprint density at radius 2 is 1.71 bits per heavy atom. The van der Waals surface area contributed by atoms with Gasteiger partial charge in [0.05, 0.1) is 29.2 Å². The van der Waals surface area contributed by atoms with Crippen molar-refractivity contribution in [1.29, 1.82) is 0 Å². The second-order valence-electron chi connectivity index (χ2n) is 22.0. The molecule has 1 aliphatic carbocycles. The molecule has 1 amide bonds. The summed E-state index contributed by atoms with van der Waals surface area (Å²) in [6, 6.07) is 7.96. The SMILES string of the molecule is C=C1CN2C3(CC3)CCC2(COc2nc3c4c(nc(-c5cccc6ccc(F)c(C#C[Si](C(C)C)(C(C)C)C(C)C)c56)c(F)c4n2)O[C@@H](C)[C@@H]2[C@@H]4CC[C@H](CN32)N4C(=O)OC(C)(C)C)C1. The van der Waals surface area contributed by atoms with Gasteiger partial charge in [0.2, 0.25) is 5.88 Å². The molecule has 0 N–H and O–H groups in total. The number of benzene rings is 2. The molecule has 65 heavy (non-hydrogen) atoms. The lowest BCUT2D eigenvalue weighted by Gasteiger charge is -2.48. The topological polar surface area (TPSA) is 93.2 Å². The van der Waals surface area contributed by atoms with Gasteiger partial charge in [0.15, 0.2) is 5.82 Å². The minimum Gasteiger partial charge on any atom is -0.472 e. The summed E-state index contributed by atoms with van der Waals surface area (Å²) in [5.41, 5.74) is 5.85. The maximum absolute atomic E-state index is 18.1. The fraction of sp³-hybridized carbons (Fsp3) is 0.577. The van der Waals surface area contributed by atoms with Gasteiger partial charge in [-0.3, -0.25) is 9.80 Å². The van der Waals surface area contributed by atoms with Gasteiger partial charge in [0.1, 0.15) is 54.6 Å². The number of piperazine rings is 1. The van der Waals surface area contributed by atoms with Crippen LogP contribution in [0, 0.1) is 23.1 Å². The van der Waals surface area contributed by atoms with Gasteiger partial charge in [-0.25, -0.2) is 18.6 Å². The van der Waals surface area contributed by atoms with Crippen LogP contribution in [0.2, 0.25) is 16.6 Å². The highest BCUT2D eigenvalue weighted by Crippen LogP contribution is 2.60. The zero-order valence-corrected chi connectivity index (χ0v) is 40.8. The van der Waals surface area contributed by atoms with E-state index in [1.54, 1.807) is 12.1 Å². The number of rotatable bonds is 7. The van der Waals surface area contributed by atoms with Crippen LogP contribution in [-0.2, 0) is 4.74 Å². The predicted molar refractivity (Wildman–Crippen MR) is 254 cm³/mol. The molecule has 1 unspecified atom stereocenters. The van der Waals surface area contributed by atoms with Crippen molar-refractivity contribution in [3.05, 3.63) is 59.7 Å². The third-order valence-corrected chi connectivity index (χ3v) is 22.3. The Hall–Kier alpha value is -4.80. The molecule has 1 spiro atoms. The number of carbonyl (C=O) groups excluding carboxylic acids is 1. The van der Waals surface area contributed by atoms with E-state index < -0.39 is 31.4 Å². The molecule has 2 aromatic carbocycles. The van der Waals surface area contributed by atoms with Crippen LogP contribution < -0.4 is 14.4 Å². The first-order valence-electron chi connectivity index (χ1n) is 24.0. The number of carbonyl (C=O) groups is 1. The quantitative estimate of drug-likeness (QED) is 0.102. The number of hydrogen-bond acceptors (Lipinski definition) is 9. The minimum atomic E-state index is -2.29. The highest BCUT2D eigenvalue weighted by atomic mass is 28.3. The maximum atomic E-state index is 18.1. The average molecular weight is 903 g/mol. The van der Waals surface area contributed by atoms with Gasteiger partial charge in [0, 0.05) is 29.6 Å². The molecule has 0 radical (unpaired) electrons. The molecule has 13 heteroatoms. The molecular formula is C52H64F2N6O4Si. The summed E-state index contributed by atoms with van der Waals surface area (Å²) in [4.78, 5) is 35.6. The van der Waals surface area contributed by atoms with Crippen LogP contribution in [-0.4, -0.2) is 99.5 Å². The second-order valence-corrected chi connectivity index (χ2v) is 27.6. The summed E-state index contributed by atoms with van der Waals surface area (Å²) < 4.78 is 54.0. The predicted octanol–water partition coefficient (Wildman–Crippen LogP) is 11.1. The third kappa shape index (κ3) is 6.93. The summed E-state index contributed by atoms with van der Waals surface area (Å²) in [5.74, 6) is 2.88. The maximum Gasteiger partial charge on any atom is 0.410 e. The number of amides is 1. The summed E-state index contributed by atoms with van der Waals surface area (Å²) in [6.07, 6.45) is 5.95. The first-order chi connectivity index (χ1) is 30.8. The van der Waals surface area contributed by atoms with Crippen LogP contribution in [0.1, 0.15) is 120 Å². The van der Waals surface area contributed by atoms with Crippen molar-refractivity contribution in [1.82, 2.24) is 24.8 Å². The average Bonchev–Trinajstić information content (AvgIpc) is 3.79. The van der Waals surface area contributed by atoms with Crippen LogP contribution in [0.15, 0.2) is 42.5 Å². The molecule has 344 valence electrons. The molecule has 2 bridgehead atoms. The molecule has 7 heterocycles. The molecule has 10 nitrogen and oxygen atoms in total. The number of ether oxygens (including phenoxy) is 3. The van der Waals surface area contributed by atoms with Gasteiger partial charge < -0.3 is 19.1 Å². The summed E-state index contributed by atoms with van der Waals surface area (Å²) in [5, 5.41) is 1.55. The molecule has 6 aliphatic rings. The fourth-order valence-corrected chi connectivity index (χ4v) is 18.3. The van der Waals surface area contributed by atoms with E-state index in [-0.39, 0.29) is 64.0 Å². The van der Waals surface area contributed by atoms with Crippen LogP contribution in [0.5, 0.6) is 11.9 Å². The molecule has 5 fully saturated rings. The fourth-order valence-electron chi connectivity index (χ4n) is 13.1. The molecule has 4 aromatic rings. The number of fused-ring (bicyclic) bond motifs is 8. The highest BCUT2D eigenvalue weighted by molar-refractivity contribution is 6.90. The van der Waals surface area contributed by atoms with Crippen LogP contribution in [0.3, 0.4) is 0 Å². The number of aromatic nitrogens is 3. The number of hydrogen-bond donors (Lipinski definition) is 0. The lowest BCUT2D eigenvalue weighted by molar-refractivity contribution is 0.000934. The van der Waals surface area contributed by atoms with E-state index in [2.05, 4.69) is 69.4 Å². The Kier molecular flexibility index (Phi) is 10.4. The number of pyridine rings is 1. The summed E-state index contributed by atoms with van der Waals surface area (Å²) in [7, 11) is -2.29. The van der Waals surface area contributed by atoms with Gasteiger partial charge in [-0.15, -0.1) is 5.54 Å². The summed E-state index contributed by atoms with van der Waals surface area (Å²) in [6.45, 7) is 27.0. The van der Waals surface area contributed by atoms with Gasteiger partial charge in [-0.1, -0.05) is 83.9 Å². The van der Waals surface area contributed by atoms with Gasteiger partial charge >= 0.3 is 12.1 Å². The zero-order valence-electron chi connectivity index (χ0n) is 39.8. The van der Waals surface area contributed by atoms with Crippen molar-refractivity contribution in [3.8, 4) is 34.6 Å². The van der Waals surface area contributed by atoms with Gasteiger partial charge in [0.25, 0.3) is 0 Å². The van der Waals surface area contributed by atoms with E-state index in [0.29, 0.717) is 51.9 Å². The molecule has 5 aliphatic heterocycles. The molecule has 5 atom stereocenters. The normalized spacial score (nSPS) is 25.6. The van der Waals surface area contributed by atoms with Crippen LogP contribution in [0.4, 0.5) is 19.4 Å². The smallest absolute Gasteiger partial charge is 0.410 e. The zero-order chi connectivity index (χ0) is 46.1. The van der Waals surface area contributed by atoms with Crippen molar-refractivity contribution in [2.75, 3.05) is 24.6 Å². The van der Waals surface area contributed by atoms with Crippen molar-refractivity contribution in [3.63, 3.8) is 0 Å². The van der Waals surface area contributed by atoms with Gasteiger partial charge in [-0.2, -0.15) is 9.97 Å². The van der Waals surface area contributed by atoms with Gasteiger partial charge in [-0.05, 0) is 101 Å².